The van der Waals surface area contributed by atoms with Crippen molar-refractivity contribution in [2.24, 2.45) is 0 Å². The molecule has 0 amide bonds. The third-order valence-electron chi connectivity index (χ3n) is 2.89. The molecule has 114 valence electrons. The number of nitrogens with one attached hydrogen (secondary N) is 1. The highest BCUT2D eigenvalue weighted by molar-refractivity contribution is 9.11. The van der Waals surface area contributed by atoms with Crippen LogP contribution in [0, 0.1) is 6.92 Å². The second kappa shape index (κ2) is 6.45. The number of benzene rings is 1. The van der Waals surface area contributed by atoms with Gasteiger partial charge >= 0.3 is 0 Å². The molecule has 0 bridgehead atoms. The Hall–Kier alpha value is -0.930. The van der Waals surface area contributed by atoms with Crippen molar-refractivity contribution >= 4 is 43.0 Å². The first kappa shape index (κ1) is 16.4. The molecule has 0 aliphatic carbocycles. The highest BCUT2D eigenvalue weighted by atomic mass is 79.9. The third-order valence-corrected chi connectivity index (χ3v) is 6.92. The molecule has 1 atom stereocenters. The summed E-state index contributed by atoms with van der Waals surface area (Å²) >= 11 is 4.44. The lowest BCUT2D eigenvalue weighted by Crippen LogP contribution is -2.28. The number of hydrogen-bond acceptors (Lipinski definition) is 5. The summed E-state index contributed by atoms with van der Waals surface area (Å²) in [7, 11) is -3.62. The van der Waals surface area contributed by atoms with Gasteiger partial charge in [-0.3, -0.25) is 0 Å². The van der Waals surface area contributed by atoms with Crippen LogP contribution < -0.4 is 10.5 Å². The van der Waals surface area contributed by atoms with Gasteiger partial charge in [-0.1, -0.05) is 12.1 Å². The van der Waals surface area contributed by atoms with Crippen LogP contribution >= 0.6 is 27.3 Å². The van der Waals surface area contributed by atoms with Crippen molar-refractivity contribution in [1.82, 2.24) is 4.72 Å². The first-order valence-corrected chi connectivity index (χ1v) is 9.18. The summed E-state index contributed by atoms with van der Waals surface area (Å²) in [5.41, 5.74) is 7.62. The molecule has 21 heavy (non-hydrogen) atoms. The van der Waals surface area contributed by atoms with Gasteiger partial charge in [0.1, 0.15) is 4.21 Å². The molecule has 1 aromatic carbocycles. The summed E-state index contributed by atoms with van der Waals surface area (Å²) in [5, 5.41) is 10.0. The minimum absolute atomic E-state index is 0.0964. The number of hydrogen-bond donors (Lipinski definition) is 3. The molecular weight excluding hydrogens is 376 g/mol. The Kier molecular flexibility index (Phi) is 5.05. The average Bonchev–Trinajstić information content (AvgIpc) is 2.78. The molecule has 2 rings (SSSR count). The predicted octanol–water partition coefficient (Wildman–Crippen LogP) is 2.41. The van der Waals surface area contributed by atoms with Gasteiger partial charge in [0.2, 0.25) is 10.0 Å². The first-order valence-electron chi connectivity index (χ1n) is 6.08. The zero-order chi connectivity index (χ0) is 15.6. The van der Waals surface area contributed by atoms with Crippen LogP contribution in [0.2, 0.25) is 0 Å². The lowest BCUT2D eigenvalue weighted by atomic mass is 10.1. The second-order valence-electron chi connectivity index (χ2n) is 4.56. The van der Waals surface area contributed by atoms with E-state index in [4.69, 9.17) is 5.73 Å². The van der Waals surface area contributed by atoms with Crippen LogP contribution in [0.1, 0.15) is 17.2 Å². The lowest BCUT2D eigenvalue weighted by Gasteiger charge is -2.12. The van der Waals surface area contributed by atoms with Gasteiger partial charge in [-0.25, -0.2) is 13.1 Å². The molecule has 5 nitrogen and oxygen atoms in total. The zero-order valence-electron chi connectivity index (χ0n) is 11.2. The van der Waals surface area contributed by atoms with Crippen LogP contribution in [-0.4, -0.2) is 20.1 Å². The fourth-order valence-corrected chi connectivity index (χ4v) is 4.97. The molecule has 1 unspecified atom stereocenters. The maximum Gasteiger partial charge on any atom is 0.250 e. The van der Waals surface area contributed by atoms with Gasteiger partial charge in [0.05, 0.1) is 9.89 Å². The normalized spacial score (nSPS) is 13.3. The summed E-state index contributed by atoms with van der Waals surface area (Å²) < 4.78 is 27.7. The Morgan fingerprint density at radius 2 is 2.00 bits per heavy atom. The van der Waals surface area contributed by atoms with E-state index in [-0.39, 0.29) is 10.8 Å². The van der Waals surface area contributed by atoms with Crippen molar-refractivity contribution in [2.75, 3.05) is 12.3 Å². The zero-order valence-corrected chi connectivity index (χ0v) is 14.4. The van der Waals surface area contributed by atoms with Gasteiger partial charge in [0.25, 0.3) is 0 Å². The van der Waals surface area contributed by atoms with Gasteiger partial charge in [0.15, 0.2) is 0 Å². The summed E-state index contributed by atoms with van der Waals surface area (Å²) in [6.45, 7) is 1.73. The lowest BCUT2D eigenvalue weighted by molar-refractivity contribution is 0.182. The fraction of sp³-hybridized carbons (Fsp3) is 0.231. The van der Waals surface area contributed by atoms with Crippen LogP contribution in [0.15, 0.2) is 38.3 Å². The predicted molar refractivity (Wildman–Crippen MR) is 87.8 cm³/mol. The summed E-state index contributed by atoms with van der Waals surface area (Å²) in [6, 6.07) is 8.24. The third kappa shape index (κ3) is 4.04. The second-order valence-corrected chi connectivity index (χ2v) is 8.92. The SMILES string of the molecule is Cc1cc(S(=O)(=O)NCC(O)c2ccc(N)cc2)sc1Br. The van der Waals surface area contributed by atoms with E-state index in [0.717, 1.165) is 20.7 Å². The highest BCUT2D eigenvalue weighted by Crippen LogP contribution is 2.30. The van der Waals surface area contributed by atoms with E-state index in [9.17, 15) is 13.5 Å². The number of aryl methyl sites for hydroxylation is 1. The summed E-state index contributed by atoms with van der Waals surface area (Å²) in [6.07, 6.45) is -0.926. The Labute approximate surface area is 136 Å². The minimum Gasteiger partial charge on any atom is -0.399 e. The van der Waals surface area contributed by atoms with Crippen molar-refractivity contribution in [3.63, 3.8) is 0 Å². The molecule has 4 N–H and O–H groups in total. The van der Waals surface area contributed by atoms with E-state index in [1.807, 2.05) is 6.92 Å². The van der Waals surface area contributed by atoms with Crippen molar-refractivity contribution in [2.45, 2.75) is 17.2 Å². The largest absolute Gasteiger partial charge is 0.399 e. The smallest absolute Gasteiger partial charge is 0.250 e. The highest BCUT2D eigenvalue weighted by Gasteiger charge is 2.19. The van der Waals surface area contributed by atoms with Gasteiger partial charge in [-0.15, -0.1) is 11.3 Å². The van der Waals surface area contributed by atoms with Crippen molar-refractivity contribution < 1.29 is 13.5 Å². The Morgan fingerprint density at radius 3 is 2.52 bits per heavy atom. The van der Waals surface area contributed by atoms with Crippen molar-refractivity contribution in [3.05, 3.63) is 45.2 Å². The molecule has 0 fully saturated rings. The van der Waals surface area contributed by atoms with E-state index < -0.39 is 16.1 Å². The molecule has 0 saturated carbocycles. The molecule has 0 aliphatic heterocycles. The Balaban J connectivity index is 2.06. The molecule has 0 saturated heterocycles. The Bertz CT molecular complexity index is 707. The van der Waals surface area contributed by atoms with Crippen LogP contribution in [0.4, 0.5) is 5.69 Å². The molecule has 2 aromatic rings. The number of nitrogen functional groups attached to an aromatic ring is 1. The average molecular weight is 391 g/mol. The quantitative estimate of drug-likeness (QED) is 0.683. The number of aliphatic hydroxyl groups is 1. The monoisotopic (exact) mass is 390 g/mol. The number of sulfonamides is 1. The van der Waals surface area contributed by atoms with Crippen molar-refractivity contribution in [3.8, 4) is 0 Å². The topological polar surface area (TPSA) is 92.4 Å². The first-order chi connectivity index (χ1) is 9.79. The number of aliphatic hydroxyl groups excluding tert-OH is 1. The molecule has 8 heteroatoms. The van der Waals surface area contributed by atoms with E-state index in [2.05, 4.69) is 20.7 Å². The standard InChI is InChI=1S/C13H15BrN2O3S2/c1-8-6-12(20-13(8)14)21(18,19)16-7-11(17)9-2-4-10(15)5-3-9/h2-6,11,16-17H,7,15H2,1H3. The van der Waals surface area contributed by atoms with Gasteiger partial charge in [-0.2, -0.15) is 0 Å². The molecule has 1 heterocycles. The molecule has 0 aliphatic rings. The molecule has 0 radical (unpaired) electrons. The van der Waals surface area contributed by atoms with E-state index in [0.29, 0.717) is 11.3 Å². The van der Waals surface area contributed by atoms with E-state index in [1.54, 1.807) is 30.3 Å². The Morgan fingerprint density at radius 1 is 1.38 bits per heavy atom. The number of anilines is 1. The van der Waals surface area contributed by atoms with Crippen molar-refractivity contribution in [1.29, 1.82) is 0 Å². The fourth-order valence-electron chi connectivity index (χ4n) is 1.66. The maximum atomic E-state index is 12.1. The minimum atomic E-state index is -3.62. The number of rotatable bonds is 5. The number of halogens is 1. The maximum absolute atomic E-state index is 12.1. The molecular formula is C13H15BrN2O3S2. The van der Waals surface area contributed by atoms with Gasteiger partial charge in [0, 0.05) is 12.2 Å². The van der Waals surface area contributed by atoms with E-state index >= 15 is 0 Å². The van der Waals surface area contributed by atoms with Crippen LogP contribution in [0.3, 0.4) is 0 Å². The van der Waals surface area contributed by atoms with Gasteiger partial charge < -0.3 is 10.8 Å². The van der Waals surface area contributed by atoms with Gasteiger partial charge in [-0.05, 0) is 52.2 Å². The summed E-state index contributed by atoms with van der Waals surface area (Å²) in [4.78, 5) is 0. The number of nitrogens with two attached hydrogens (primary N) is 1. The summed E-state index contributed by atoms with van der Waals surface area (Å²) in [5.74, 6) is 0. The van der Waals surface area contributed by atoms with E-state index in [1.165, 1.54) is 0 Å². The van der Waals surface area contributed by atoms with Crippen LogP contribution in [0.25, 0.3) is 0 Å². The molecule has 1 aromatic heterocycles. The molecule has 0 spiro atoms. The van der Waals surface area contributed by atoms with Crippen LogP contribution in [-0.2, 0) is 10.0 Å². The number of thiophene rings is 1. The van der Waals surface area contributed by atoms with Crippen LogP contribution in [0.5, 0.6) is 0 Å².